The molecule has 4 rings (SSSR count). The van der Waals surface area contributed by atoms with Crippen molar-refractivity contribution >= 4 is 23.3 Å². The fourth-order valence-electron chi connectivity index (χ4n) is 3.55. The Morgan fingerprint density at radius 2 is 1.97 bits per heavy atom. The molecule has 2 aromatic carbocycles. The molecule has 1 atom stereocenters. The summed E-state index contributed by atoms with van der Waals surface area (Å²) in [6.07, 6.45) is -1.40. The van der Waals surface area contributed by atoms with Crippen LogP contribution in [-0.2, 0) is 17.4 Å². The number of hydrogen-bond acceptors (Lipinski definition) is 4. The molecular weight excluding hydrogens is 423 g/mol. The Labute approximate surface area is 181 Å². The first-order chi connectivity index (χ1) is 15.2. The van der Waals surface area contributed by atoms with Crippen LogP contribution in [0.1, 0.15) is 16.7 Å². The number of benzene rings is 2. The van der Waals surface area contributed by atoms with Crippen molar-refractivity contribution in [2.45, 2.75) is 18.6 Å². The highest BCUT2D eigenvalue weighted by Gasteiger charge is 2.31. The normalized spacial score (nSPS) is 16.2. The predicted molar refractivity (Wildman–Crippen MR) is 113 cm³/mol. The smallest absolute Gasteiger partial charge is 0.381 e. The van der Waals surface area contributed by atoms with Gasteiger partial charge in [0.15, 0.2) is 0 Å². The van der Waals surface area contributed by atoms with Crippen molar-refractivity contribution in [3.05, 3.63) is 77.6 Å². The van der Waals surface area contributed by atoms with Crippen LogP contribution in [0.15, 0.2) is 60.9 Å². The van der Waals surface area contributed by atoms with E-state index in [1.807, 2.05) is 18.2 Å². The van der Waals surface area contributed by atoms with E-state index in [2.05, 4.69) is 15.7 Å². The molecule has 1 aliphatic heterocycles. The van der Waals surface area contributed by atoms with Gasteiger partial charge < -0.3 is 15.5 Å². The number of nitrogens with one attached hydrogen (secondary N) is 2. The van der Waals surface area contributed by atoms with Gasteiger partial charge in [-0.1, -0.05) is 30.3 Å². The lowest BCUT2D eigenvalue weighted by Crippen LogP contribution is -2.50. The molecule has 7 nitrogen and oxygen atoms in total. The zero-order valence-electron chi connectivity index (χ0n) is 17.1. The van der Waals surface area contributed by atoms with Crippen LogP contribution in [-0.4, -0.2) is 41.4 Å². The van der Waals surface area contributed by atoms with Gasteiger partial charge in [0.05, 0.1) is 23.1 Å². The lowest BCUT2D eigenvalue weighted by molar-refractivity contribution is -0.137. The van der Waals surface area contributed by atoms with E-state index in [-0.39, 0.29) is 18.9 Å². The van der Waals surface area contributed by atoms with E-state index in [0.29, 0.717) is 16.8 Å². The second-order valence-corrected chi connectivity index (χ2v) is 7.47. The van der Waals surface area contributed by atoms with Gasteiger partial charge in [-0.25, -0.2) is 4.79 Å². The molecule has 166 valence electrons. The van der Waals surface area contributed by atoms with E-state index >= 15 is 0 Å². The highest BCUT2D eigenvalue weighted by Crippen LogP contribution is 2.30. The molecule has 10 heteroatoms. The molecule has 0 saturated heterocycles. The summed E-state index contributed by atoms with van der Waals surface area (Å²) in [4.78, 5) is 26.9. The van der Waals surface area contributed by atoms with E-state index < -0.39 is 23.8 Å². The third-order valence-corrected chi connectivity index (χ3v) is 5.20. The Morgan fingerprint density at radius 1 is 1.19 bits per heavy atom. The van der Waals surface area contributed by atoms with Crippen LogP contribution < -0.4 is 15.5 Å². The largest absolute Gasteiger partial charge is 0.416 e. The molecule has 2 amide bonds. The summed E-state index contributed by atoms with van der Waals surface area (Å²) in [6, 6.07) is 10.9. The molecule has 1 aromatic heterocycles. The van der Waals surface area contributed by atoms with Crippen LogP contribution in [0, 0.1) is 0 Å². The maximum Gasteiger partial charge on any atom is 0.416 e. The van der Waals surface area contributed by atoms with Gasteiger partial charge in [-0.15, -0.1) is 0 Å². The van der Waals surface area contributed by atoms with E-state index in [1.54, 1.807) is 19.2 Å². The van der Waals surface area contributed by atoms with Crippen molar-refractivity contribution in [1.82, 2.24) is 15.1 Å². The van der Waals surface area contributed by atoms with Crippen molar-refractivity contribution < 1.29 is 22.8 Å². The summed E-state index contributed by atoms with van der Waals surface area (Å²) in [5.74, 6) is -0.285. The van der Waals surface area contributed by atoms with Gasteiger partial charge in [0, 0.05) is 26.2 Å². The van der Waals surface area contributed by atoms with E-state index in [0.717, 1.165) is 22.5 Å². The molecule has 0 fully saturated rings. The quantitative estimate of drug-likeness (QED) is 0.650. The maximum absolute atomic E-state index is 12.9. The van der Waals surface area contributed by atoms with Gasteiger partial charge in [-0.2, -0.15) is 23.0 Å². The number of carbonyl (C=O) groups excluding carboxylic acids is 2. The first kappa shape index (κ1) is 21.4. The number of fused-ring (bicyclic) bond motifs is 1. The van der Waals surface area contributed by atoms with Gasteiger partial charge in [0.25, 0.3) is 5.91 Å². The number of amides is 2. The van der Waals surface area contributed by atoms with Crippen molar-refractivity contribution in [3.8, 4) is 0 Å². The van der Waals surface area contributed by atoms with Crippen molar-refractivity contribution in [1.29, 1.82) is 0 Å². The SMILES string of the molecule is CN1C(=O)[C@@H](NC(=O)n2cc(Cc3cccc(C(F)(F)F)c3)cn2)CNc2ccccc21. The van der Waals surface area contributed by atoms with Crippen molar-refractivity contribution in [3.63, 3.8) is 0 Å². The minimum atomic E-state index is -4.42. The number of alkyl halides is 3. The average Bonchev–Trinajstić information content (AvgIpc) is 3.19. The molecular formula is C22H20F3N5O2. The van der Waals surface area contributed by atoms with E-state index in [9.17, 15) is 22.8 Å². The topological polar surface area (TPSA) is 79.3 Å². The number of rotatable bonds is 3. The summed E-state index contributed by atoms with van der Waals surface area (Å²) >= 11 is 0. The lowest BCUT2D eigenvalue weighted by Gasteiger charge is -2.21. The van der Waals surface area contributed by atoms with E-state index in [1.165, 1.54) is 23.4 Å². The number of para-hydroxylation sites is 2. The molecule has 0 saturated carbocycles. The van der Waals surface area contributed by atoms with Crippen molar-refractivity contribution in [2.75, 3.05) is 23.8 Å². The fraction of sp³-hybridized carbons (Fsp3) is 0.227. The minimum absolute atomic E-state index is 0.180. The summed E-state index contributed by atoms with van der Waals surface area (Å²) in [7, 11) is 1.63. The monoisotopic (exact) mass is 443 g/mol. The molecule has 2 heterocycles. The molecule has 0 unspecified atom stereocenters. The molecule has 0 bridgehead atoms. The Morgan fingerprint density at radius 3 is 2.75 bits per heavy atom. The van der Waals surface area contributed by atoms with Gasteiger partial charge in [-0.3, -0.25) is 4.79 Å². The first-order valence-electron chi connectivity index (χ1n) is 9.83. The Balaban J connectivity index is 1.44. The Kier molecular flexibility index (Phi) is 5.60. The number of anilines is 2. The summed E-state index contributed by atoms with van der Waals surface area (Å²) in [5.41, 5.74) is 1.76. The number of nitrogens with zero attached hydrogens (tertiary/aromatic N) is 3. The molecule has 3 aromatic rings. The summed E-state index contributed by atoms with van der Waals surface area (Å²) in [5, 5.41) is 9.80. The third-order valence-electron chi connectivity index (χ3n) is 5.20. The Hall–Kier alpha value is -3.82. The molecule has 32 heavy (non-hydrogen) atoms. The number of carbonyl (C=O) groups is 2. The zero-order valence-corrected chi connectivity index (χ0v) is 17.1. The minimum Gasteiger partial charge on any atom is -0.381 e. The number of aromatic nitrogens is 2. The highest BCUT2D eigenvalue weighted by atomic mass is 19.4. The van der Waals surface area contributed by atoms with Crippen LogP contribution in [0.25, 0.3) is 0 Å². The van der Waals surface area contributed by atoms with Gasteiger partial charge in [-0.05, 0) is 29.3 Å². The van der Waals surface area contributed by atoms with Gasteiger partial charge in [0.1, 0.15) is 6.04 Å². The average molecular weight is 443 g/mol. The third kappa shape index (κ3) is 4.43. The first-order valence-corrected chi connectivity index (χ1v) is 9.83. The van der Waals surface area contributed by atoms with Crippen LogP contribution >= 0.6 is 0 Å². The van der Waals surface area contributed by atoms with Crippen LogP contribution in [0.4, 0.5) is 29.3 Å². The molecule has 0 aliphatic carbocycles. The standard InChI is InChI=1S/C22H20F3N5O2/c1-29-19-8-3-2-7-17(19)26-12-18(20(29)31)28-21(32)30-13-15(11-27-30)9-14-5-4-6-16(10-14)22(23,24)25/h2-8,10-11,13,18,26H,9,12H2,1H3,(H,28,32)/t18-/m0/s1. The van der Waals surface area contributed by atoms with Crippen LogP contribution in [0.3, 0.4) is 0 Å². The van der Waals surface area contributed by atoms with Gasteiger partial charge in [0.2, 0.25) is 0 Å². The van der Waals surface area contributed by atoms with Crippen LogP contribution in [0.2, 0.25) is 0 Å². The van der Waals surface area contributed by atoms with Crippen LogP contribution in [0.5, 0.6) is 0 Å². The maximum atomic E-state index is 12.9. The number of likely N-dealkylation sites (N-methyl/N-ethyl adjacent to an activating group) is 1. The van der Waals surface area contributed by atoms with Gasteiger partial charge >= 0.3 is 12.2 Å². The highest BCUT2D eigenvalue weighted by molar-refractivity contribution is 6.02. The lowest BCUT2D eigenvalue weighted by atomic mass is 10.1. The molecule has 1 aliphatic rings. The second kappa shape index (κ2) is 8.37. The van der Waals surface area contributed by atoms with Crippen molar-refractivity contribution in [2.24, 2.45) is 0 Å². The molecule has 2 N–H and O–H groups in total. The Bertz CT molecular complexity index is 1160. The zero-order chi connectivity index (χ0) is 22.9. The fourth-order valence-corrected chi connectivity index (χ4v) is 3.55. The summed E-state index contributed by atoms with van der Waals surface area (Å²) < 4.78 is 39.8. The predicted octanol–water partition coefficient (Wildman–Crippen LogP) is 3.51. The molecule has 0 spiro atoms. The summed E-state index contributed by atoms with van der Waals surface area (Å²) in [6.45, 7) is 0.199. The number of halogens is 3. The second-order valence-electron chi connectivity index (χ2n) is 7.47. The number of hydrogen-bond donors (Lipinski definition) is 2. The molecule has 0 radical (unpaired) electrons. The van der Waals surface area contributed by atoms with E-state index in [4.69, 9.17) is 0 Å².